The Balaban J connectivity index is 2.88. The summed E-state index contributed by atoms with van der Waals surface area (Å²) in [5.41, 5.74) is 7.41. The van der Waals surface area contributed by atoms with Gasteiger partial charge in [-0.2, -0.15) is 0 Å². The molecule has 0 amide bonds. The van der Waals surface area contributed by atoms with Crippen molar-refractivity contribution in [2.75, 3.05) is 5.73 Å². The zero-order valence-electron chi connectivity index (χ0n) is 6.69. The molecule has 3 heteroatoms. The quantitative estimate of drug-likeness (QED) is 0.615. The van der Waals surface area contributed by atoms with E-state index in [4.69, 9.17) is 5.73 Å². The van der Waals surface area contributed by atoms with E-state index in [0.29, 0.717) is 5.82 Å². The van der Waals surface area contributed by atoms with Gasteiger partial charge in [-0.05, 0) is 30.7 Å². The predicted molar refractivity (Wildman–Crippen MR) is 47.4 cm³/mol. The lowest BCUT2D eigenvalue weighted by atomic mass is 10.2. The molecule has 0 unspecified atom stereocenters. The number of benzene rings is 1. The van der Waals surface area contributed by atoms with Gasteiger partial charge in [-0.25, -0.2) is 4.39 Å². The Morgan fingerprint density at radius 3 is 2.92 bits per heavy atom. The molecule has 1 aromatic carbocycles. The molecule has 0 fully saturated rings. The largest absolute Gasteiger partial charge is 0.385 e. The van der Waals surface area contributed by atoms with Crippen molar-refractivity contribution in [1.82, 2.24) is 4.98 Å². The molecular formula is C9H9FN2. The number of hydrogen-bond donors (Lipinski definition) is 2. The number of H-pyrrole nitrogens is 1. The van der Waals surface area contributed by atoms with Gasteiger partial charge in [0.15, 0.2) is 0 Å². The Bertz CT molecular complexity index is 431. The average Bonchev–Trinajstić information content (AvgIpc) is 2.31. The summed E-state index contributed by atoms with van der Waals surface area (Å²) >= 11 is 0. The van der Waals surface area contributed by atoms with Gasteiger partial charge in [0, 0.05) is 10.9 Å². The summed E-state index contributed by atoms with van der Waals surface area (Å²) in [4.78, 5) is 2.97. The molecule has 3 N–H and O–H groups in total. The lowest BCUT2D eigenvalue weighted by Crippen LogP contribution is -1.84. The van der Waals surface area contributed by atoms with Gasteiger partial charge in [0.05, 0.1) is 0 Å². The van der Waals surface area contributed by atoms with Crippen molar-refractivity contribution in [1.29, 1.82) is 0 Å². The van der Waals surface area contributed by atoms with Crippen LogP contribution in [0.3, 0.4) is 0 Å². The van der Waals surface area contributed by atoms with E-state index in [1.165, 1.54) is 12.1 Å². The minimum absolute atomic E-state index is 0.232. The third-order valence-electron chi connectivity index (χ3n) is 2.06. The van der Waals surface area contributed by atoms with E-state index in [-0.39, 0.29) is 5.82 Å². The average molecular weight is 164 g/mol. The lowest BCUT2D eigenvalue weighted by molar-refractivity contribution is 0.629. The van der Waals surface area contributed by atoms with Crippen LogP contribution in [-0.4, -0.2) is 4.98 Å². The highest BCUT2D eigenvalue weighted by atomic mass is 19.1. The molecule has 0 spiro atoms. The van der Waals surface area contributed by atoms with Gasteiger partial charge >= 0.3 is 0 Å². The highest BCUT2D eigenvalue weighted by Crippen LogP contribution is 2.23. The summed E-state index contributed by atoms with van der Waals surface area (Å²) in [5.74, 6) is 0.375. The maximum absolute atomic E-state index is 12.8. The molecule has 0 bridgehead atoms. The van der Waals surface area contributed by atoms with Crippen LogP contribution >= 0.6 is 0 Å². The van der Waals surface area contributed by atoms with E-state index in [1.54, 1.807) is 6.07 Å². The van der Waals surface area contributed by atoms with Crippen LogP contribution in [0.15, 0.2) is 18.2 Å². The zero-order chi connectivity index (χ0) is 8.72. The maximum atomic E-state index is 12.8. The first-order chi connectivity index (χ1) is 5.68. The molecule has 1 aromatic heterocycles. The molecule has 0 aliphatic heterocycles. The van der Waals surface area contributed by atoms with Crippen molar-refractivity contribution in [2.45, 2.75) is 6.92 Å². The Kier molecular flexibility index (Phi) is 1.33. The van der Waals surface area contributed by atoms with Crippen LogP contribution in [0.1, 0.15) is 5.56 Å². The fourth-order valence-corrected chi connectivity index (χ4v) is 1.32. The van der Waals surface area contributed by atoms with E-state index in [2.05, 4.69) is 4.98 Å². The summed E-state index contributed by atoms with van der Waals surface area (Å²) in [7, 11) is 0. The third kappa shape index (κ3) is 0.863. The van der Waals surface area contributed by atoms with Crippen molar-refractivity contribution in [3.05, 3.63) is 29.6 Å². The summed E-state index contributed by atoms with van der Waals surface area (Å²) in [6.45, 7) is 1.87. The normalized spacial score (nSPS) is 10.8. The molecule has 2 rings (SSSR count). The molecule has 1 heterocycles. The van der Waals surface area contributed by atoms with Crippen LogP contribution in [0.4, 0.5) is 10.2 Å². The number of nitrogen functional groups attached to an aromatic ring is 1. The predicted octanol–water partition coefficient (Wildman–Crippen LogP) is 2.20. The number of halogens is 1. The summed E-state index contributed by atoms with van der Waals surface area (Å²) in [5, 5.41) is 0.854. The first-order valence-corrected chi connectivity index (χ1v) is 3.72. The lowest BCUT2D eigenvalue weighted by Gasteiger charge is -1.90. The summed E-state index contributed by atoms with van der Waals surface area (Å²) < 4.78 is 12.8. The van der Waals surface area contributed by atoms with Gasteiger partial charge in [0.25, 0.3) is 0 Å². The number of anilines is 1. The highest BCUT2D eigenvalue weighted by Gasteiger charge is 2.04. The molecule has 2 nitrogen and oxygen atoms in total. The number of aryl methyl sites for hydroxylation is 1. The van der Waals surface area contributed by atoms with Crippen molar-refractivity contribution < 1.29 is 4.39 Å². The standard InChI is InChI=1S/C9H9FN2/c1-5-7-4-6(10)2-3-8(7)12-9(5)11/h2-4,12H,11H2,1H3. The van der Waals surface area contributed by atoms with Crippen LogP contribution < -0.4 is 5.73 Å². The van der Waals surface area contributed by atoms with E-state index < -0.39 is 0 Å². The summed E-state index contributed by atoms with van der Waals surface area (Å²) in [6, 6.07) is 4.59. The molecule has 0 aliphatic rings. The fourth-order valence-electron chi connectivity index (χ4n) is 1.32. The van der Waals surface area contributed by atoms with Crippen LogP contribution in [0.5, 0.6) is 0 Å². The SMILES string of the molecule is Cc1c(N)[nH]c2ccc(F)cc12. The monoisotopic (exact) mass is 164 g/mol. The Labute approximate surface area is 69.2 Å². The minimum atomic E-state index is -0.232. The Morgan fingerprint density at radius 2 is 2.17 bits per heavy atom. The number of nitrogens with two attached hydrogens (primary N) is 1. The van der Waals surface area contributed by atoms with Crippen LogP contribution in [0.25, 0.3) is 10.9 Å². The Morgan fingerprint density at radius 1 is 1.42 bits per heavy atom. The highest BCUT2D eigenvalue weighted by molar-refractivity contribution is 5.87. The van der Waals surface area contributed by atoms with Gasteiger partial charge in [-0.1, -0.05) is 0 Å². The van der Waals surface area contributed by atoms with Crippen LogP contribution in [0.2, 0.25) is 0 Å². The van der Waals surface area contributed by atoms with Crippen LogP contribution in [-0.2, 0) is 0 Å². The zero-order valence-corrected chi connectivity index (χ0v) is 6.69. The number of aromatic nitrogens is 1. The molecule has 12 heavy (non-hydrogen) atoms. The van der Waals surface area contributed by atoms with Gasteiger partial charge in [-0.3, -0.25) is 0 Å². The first-order valence-electron chi connectivity index (χ1n) is 3.72. The Hall–Kier alpha value is -1.51. The van der Waals surface area contributed by atoms with Crippen molar-refractivity contribution in [2.24, 2.45) is 0 Å². The van der Waals surface area contributed by atoms with Gasteiger partial charge < -0.3 is 10.7 Å². The molecular weight excluding hydrogens is 155 g/mol. The number of fused-ring (bicyclic) bond motifs is 1. The van der Waals surface area contributed by atoms with E-state index in [9.17, 15) is 4.39 Å². The molecule has 0 aliphatic carbocycles. The molecule has 2 aromatic rings. The smallest absolute Gasteiger partial charge is 0.123 e. The molecule has 0 saturated carbocycles. The topological polar surface area (TPSA) is 41.8 Å². The second-order valence-corrected chi connectivity index (χ2v) is 2.85. The first kappa shape index (κ1) is 7.16. The molecule has 0 radical (unpaired) electrons. The maximum Gasteiger partial charge on any atom is 0.123 e. The van der Waals surface area contributed by atoms with Gasteiger partial charge in [-0.15, -0.1) is 0 Å². The second kappa shape index (κ2) is 2.24. The number of aromatic amines is 1. The van der Waals surface area contributed by atoms with E-state index in [1.807, 2.05) is 6.92 Å². The molecule has 0 atom stereocenters. The van der Waals surface area contributed by atoms with Gasteiger partial charge in [0.1, 0.15) is 11.6 Å². The number of nitrogens with one attached hydrogen (secondary N) is 1. The second-order valence-electron chi connectivity index (χ2n) is 2.85. The number of rotatable bonds is 0. The van der Waals surface area contributed by atoms with E-state index in [0.717, 1.165) is 16.5 Å². The molecule has 62 valence electrons. The fraction of sp³-hybridized carbons (Fsp3) is 0.111. The van der Waals surface area contributed by atoms with Crippen molar-refractivity contribution in [3.63, 3.8) is 0 Å². The van der Waals surface area contributed by atoms with Crippen LogP contribution in [0, 0.1) is 12.7 Å². The summed E-state index contributed by atoms with van der Waals surface area (Å²) in [6.07, 6.45) is 0. The van der Waals surface area contributed by atoms with Crippen molar-refractivity contribution in [3.8, 4) is 0 Å². The van der Waals surface area contributed by atoms with Crippen molar-refractivity contribution >= 4 is 16.7 Å². The third-order valence-corrected chi connectivity index (χ3v) is 2.06. The minimum Gasteiger partial charge on any atom is -0.385 e. The van der Waals surface area contributed by atoms with E-state index >= 15 is 0 Å². The molecule has 0 saturated heterocycles. The number of hydrogen-bond acceptors (Lipinski definition) is 1. The van der Waals surface area contributed by atoms with Gasteiger partial charge in [0.2, 0.25) is 0 Å².